The van der Waals surface area contributed by atoms with Crippen molar-refractivity contribution in [2.75, 3.05) is 13.7 Å². The highest BCUT2D eigenvalue weighted by atomic mass is 16.5. The summed E-state index contributed by atoms with van der Waals surface area (Å²) < 4.78 is 13.0. The van der Waals surface area contributed by atoms with Gasteiger partial charge in [-0.3, -0.25) is 4.79 Å². The van der Waals surface area contributed by atoms with Gasteiger partial charge in [0.25, 0.3) is 5.91 Å². The summed E-state index contributed by atoms with van der Waals surface area (Å²) in [5.74, 6) is 1.04. The number of ether oxygens (including phenoxy) is 2. The van der Waals surface area contributed by atoms with Crippen LogP contribution >= 0.6 is 0 Å². The molecule has 1 aromatic carbocycles. The number of carbonyl (C=O) groups excluding carboxylic acids is 1. The molecule has 1 amide bonds. The lowest BCUT2D eigenvalue weighted by Crippen LogP contribution is -2.43. The fourth-order valence-corrected chi connectivity index (χ4v) is 3.00. The highest BCUT2D eigenvalue weighted by Crippen LogP contribution is 2.21. The summed E-state index contributed by atoms with van der Waals surface area (Å²) in [6.45, 7) is 6.09. The van der Waals surface area contributed by atoms with Crippen molar-refractivity contribution in [3.05, 3.63) is 53.8 Å². The van der Waals surface area contributed by atoms with Gasteiger partial charge < -0.3 is 18.9 Å². The largest absolute Gasteiger partial charge is 0.497 e. The SMILES string of the molecule is CCCn1cnc(/C=C2\O[C@H](C)CN(Cc3ccc(OC)cc3)C2=O)c1. The molecule has 26 heavy (non-hydrogen) atoms. The topological polar surface area (TPSA) is 56.6 Å². The zero-order chi connectivity index (χ0) is 18.5. The van der Waals surface area contributed by atoms with E-state index in [1.165, 1.54) is 0 Å². The van der Waals surface area contributed by atoms with Crippen molar-refractivity contribution in [2.45, 2.75) is 39.5 Å². The number of benzene rings is 1. The molecule has 0 bridgehead atoms. The van der Waals surface area contributed by atoms with Crippen LogP contribution in [0.1, 0.15) is 31.5 Å². The Labute approximate surface area is 154 Å². The number of aryl methyl sites for hydroxylation is 1. The molecule has 1 fully saturated rings. The van der Waals surface area contributed by atoms with Crippen LogP contribution in [-0.2, 0) is 22.6 Å². The van der Waals surface area contributed by atoms with Gasteiger partial charge in [-0.1, -0.05) is 19.1 Å². The van der Waals surface area contributed by atoms with Gasteiger partial charge in [-0.15, -0.1) is 0 Å². The van der Waals surface area contributed by atoms with Gasteiger partial charge in [0.05, 0.1) is 25.7 Å². The minimum absolute atomic E-state index is 0.0603. The van der Waals surface area contributed by atoms with Gasteiger partial charge in [-0.25, -0.2) is 4.98 Å². The number of carbonyl (C=O) groups is 1. The van der Waals surface area contributed by atoms with Crippen molar-refractivity contribution in [1.29, 1.82) is 0 Å². The summed E-state index contributed by atoms with van der Waals surface area (Å²) in [4.78, 5) is 19.0. The maximum Gasteiger partial charge on any atom is 0.289 e. The number of morpholine rings is 1. The second-order valence-electron chi connectivity index (χ2n) is 6.51. The van der Waals surface area contributed by atoms with E-state index in [1.54, 1.807) is 19.5 Å². The lowest BCUT2D eigenvalue weighted by atomic mass is 10.1. The summed E-state index contributed by atoms with van der Waals surface area (Å²) in [6.07, 6.45) is 6.41. The molecular weight excluding hydrogens is 330 g/mol. The summed E-state index contributed by atoms with van der Waals surface area (Å²) in [7, 11) is 1.64. The van der Waals surface area contributed by atoms with E-state index < -0.39 is 0 Å². The molecular formula is C20H25N3O3. The standard InChI is InChI=1S/C20H25N3O3/c1-4-9-22-13-17(21-14-22)10-19-20(24)23(11-15(2)26-19)12-16-5-7-18(25-3)8-6-16/h5-8,10,13-15H,4,9,11-12H2,1-3H3/b19-10-/t15-/m1/s1. The molecule has 1 saturated heterocycles. The Morgan fingerprint density at radius 1 is 1.35 bits per heavy atom. The second-order valence-corrected chi connectivity index (χ2v) is 6.51. The number of rotatable bonds is 6. The van der Waals surface area contributed by atoms with Gasteiger partial charge in [0.1, 0.15) is 11.9 Å². The number of nitrogens with zero attached hydrogens (tertiary/aromatic N) is 3. The van der Waals surface area contributed by atoms with Crippen LogP contribution in [0.15, 0.2) is 42.5 Å². The van der Waals surface area contributed by atoms with E-state index in [1.807, 2.05) is 46.9 Å². The second kappa shape index (κ2) is 8.08. The van der Waals surface area contributed by atoms with Gasteiger partial charge in [0.2, 0.25) is 0 Å². The predicted octanol–water partition coefficient (Wildman–Crippen LogP) is 3.09. The fourth-order valence-electron chi connectivity index (χ4n) is 3.00. The Kier molecular flexibility index (Phi) is 5.61. The van der Waals surface area contributed by atoms with Gasteiger partial charge in [-0.2, -0.15) is 0 Å². The highest BCUT2D eigenvalue weighted by molar-refractivity contribution is 5.96. The predicted molar refractivity (Wildman–Crippen MR) is 99.5 cm³/mol. The van der Waals surface area contributed by atoms with Gasteiger partial charge in [0.15, 0.2) is 5.76 Å². The van der Waals surface area contributed by atoms with Crippen LogP contribution in [0.3, 0.4) is 0 Å². The van der Waals surface area contributed by atoms with E-state index in [-0.39, 0.29) is 12.0 Å². The van der Waals surface area contributed by atoms with Crippen molar-refractivity contribution in [3.8, 4) is 5.75 Å². The maximum absolute atomic E-state index is 12.8. The Morgan fingerprint density at radius 2 is 2.12 bits per heavy atom. The average molecular weight is 355 g/mol. The average Bonchev–Trinajstić information content (AvgIpc) is 3.07. The third kappa shape index (κ3) is 4.25. The smallest absolute Gasteiger partial charge is 0.289 e. The summed E-state index contributed by atoms with van der Waals surface area (Å²) >= 11 is 0. The quantitative estimate of drug-likeness (QED) is 0.747. The van der Waals surface area contributed by atoms with Crippen molar-refractivity contribution in [1.82, 2.24) is 14.5 Å². The zero-order valence-corrected chi connectivity index (χ0v) is 15.5. The molecule has 0 saturated carbocycles. The van der Waals surface area contributed by atoms with Crippen LogP contribution < -0.4 is 4.74 Å². The Hall–Kier alpha value is -2.76. The molecule has 2 heterocycles. The minimum atomic E-state index is -0.107. The van der Waals surface area contributed by atoms with Crippen LogP contribution in [0.2, 0.25) is 0 Å². The van der Waals surface area contributed by atoms with Crippen molar-refractivity contribution >= 4 is 12.0 Å². The number of aromatic nitrogens is 2. The normalized spacial score (nSPS) is 18.9. The van der Waals surface area contributed by atoms with E-state index in [9.17, 15) is 4.79 Å². The molecule has 6 nitrogen and oxygen atoms in total. The number of amides is 1. The van der Waals surface area contributed by atoms with Gasteiger partial charge >= 0.3 is 0 Å². The lowest BCUT2D eigenvalue weighted by molar-refractivity contribution is -0.139. The summed E-state index contributed by atoms with van der Waals surface area (Å²) in [5.41, 5.74) is 1.79. The summed E-state index contributed by atoms with van der Waals surface area (Å²) in [5, 5.41) is 0. The molecule has 0 aliphatic carbocycles. The molecule has 1 aliphatic rings. The number of methoxy groups -OCH3 is 1. The molecule has 1 aliphatic heterocycles. The van der Waals surface area contributed by atoms with Crippen molar-refractivity contribution in [3.63, 3.8) is 0 Å². The van der Waals surface area contributed by atoms with E-state index in [0.717, 1.165) is 30.0 Å². The molecule has 138 valence electrons. The van der Waals surface area contributed by atoms with E-state index >= 15 is 0 Å². The van der Waals surface area contributed by atoms with Crippen LogP contribution in [0.5, 0.6) is 5.75 Å². The molecule has 0 N–H and O–H groups in total. The van der Waals surface area contributed by atoms with Crippen LogP contribution in [0.25, 0.3) is 6.08 Å². The number of hydrogen-bond acceptors (Lipinski definition) is 4. The number of hydrogen-bond donors (Lipinski definition) is 0. The first-order valence-electron chi connectivity index (χ1n) is 8.91. The first-order chi connectivity index (χ1) is 12.6. The molecule has 0 radical (unpaired) electrons. The third-order valence-electron chi connectivity index (χ3n) is 4.25. The van der Waals surface area contributed by atoms with Crippen LogP contribution in [0.4, 0.5) is 0 Å². The monoisotopic (exact) mass is 355 g/mol. The fraction of sp³-hybridized carbons (Fsp3) is 0.400. The lowest BCUT2D eigenvalue weighted by Gasteiger charge is -2.33. The molecule has 1 atom stereocenters. The molecule has 1 aromatic heterocycles. The number of imidazole rings is 1. The Morgan fingerprint density at radius 3 is 2.81 bits per heavy atom. The van der Waals surface area contributed by atoms with Crippen molar-refractivity contribution < 1.29 is 14.3 Å². The Bertz CT molecular complexity index is 780. The van der Waals surface area contributed by atoms with E-state index in [2.05, 4.69) is 11.9 Å². The molecule has 0 spiro atoms. The molecule has 6 heteroatoms. The van der Waals surface area contributed by atoms with E-state index in [0.29, 0.717) is 18.8 Å². The highest BCUT2D eigenvalue weighted by Gasteiger charge is 2.29. The molecule has 0 unspecified atom stereocenters. The van der Waals surface area contributed by atoms with Gasteiger partial charge in [-0.05, 0) is 31.0 Å². The van der Waals surface area contributed by atoms with Crippen molar-refractivity contribution in [2.24, 2.45) is 0 Å². The minimum Gasteiger partial charge on any atom is -0.497 e. The summed E-state index contributed by atoms with van der Waals surface area (Å²) in [6, 6.07) is 7.76. The van der Waals surface area contributed by atoms with Crippen LogP contribution in [-0.4, -0.2) is 40.1 Å². The van der Waals surface area contributed by atoms with Gasteiger partial charge in [0, 0.05) is 25.4 Å². The molecule has 3 rings (SSSR count). The third-order valence-corrected chi connectivity index (χ3v) is 4.25. The maximum atomic E-state index is 12.8. The zero-order valence-electron chi connectivity index (χ0n) is 15.5. The first-order valence-corrected chi connectivity index (χ1v) is 8.91. The first kappa shape index (κ1) is 18.0. The van der Waals surface area contributed by atoms with E-state index in [4.69, 9.17) is 9.47 Å². The molecule has 2 aromatic rings. The Balaban J connectivity index is 1.75. The van der Waals surface area contributed by atoms with Crippen LogP contribution in [0, 0.1) is 0 Å².